The van der Waals surface area contributed by atoms with E-state index in [1.807, 2.05) is 19.3 Å². The molecule has 124 valence electrons. The fraction of sp³-hybridized carbons (Fsp3) is 0.158. The second-order valence-electron chi connectivity index (χ2n) is 6.12. The average molecular weight is 336 g/mol. The van der Waals surface area contributed by atoms with Crippen molar-refractivity contribution in [3.05, 3.63) is 41.7 Å². The van der Waals surface area contributed by atoms with Crippen molar-refractivity contribution in [1.29, 1.82) is 0 Å². The van der Waals surface area contributed by atoms with Crippen molar-refractivity contribution in [2.75, 3.05) is 13.9 Å². The molecule has 1 N–H and O–H groups in total. The summed E-state index contributed by atoms with van der Waals surface area (Å²) in [6.45, 7) is 0.118. The Labute approximate surface area is 142 Å². The molecule has 6 heteroatoms. The number of aromatic hydroxyl groups is 1. The first kappa shape index (κ1) is 14.1. The van der Waals surface area contributed by atoms with E-state index in [4.69, 9.17) is 14.2 Å². The Bertz CT molecular complexity index is 1100. The number of pyridine rings is 1. The molecule has 5 rings (SSSR count). The van der Waals surface area contributed by atoms with E-state index in [0.29, 0.717) is 45.0 Å². The zero-order valence-corrected chi connectivity index (χ0v) is 13.6. The molecule has 0 saturated heterocycles. The molecule has 0 amide bonds. The van der Waals surface area contributed by atoms with Crippen molar-refractivity contribution in [3.63, 3.8) is 0 Å². The van der Waals surface area contributed by atoms with Crippen LogP contribution in [0.2, 0.25) is 0 Å². The SMILES string of the molecule is COc1cc2cc[n+](C)c3c2c(c1O)-c1cc2c(cc1C3=O)OCO2. The first-order valence-electron chi connectivity index (χ1n) is 7.81. The van der Waals surface area contributed by atoms with Crippen LogP contribution in [-0.2, 0) is 7.05 Å². The van der Waals surface area contributed by atoms with Gasteiger partial charge in [-0.2, -0.15) is 4.57 Å². The highest BCUT2D eigenvalue weighted by Gasteiger charge is 2.36. The lowest BCUT2D eigenvalue weighted by atomic mass is 9.84. The van der Waals surface area contributed by atoms with Crippen molar-refractivity contribution in [3.8, 4) is 34.1 Å². The van der Waals surface area contributed by atoms with E-state index >= 15 is 0 Å². The minimum Gasteiger partial charge on any atom is -0.504 e. The van der Waals surface area contributed by atoms with Crippen LogP contribution in [0.15, 0.2) is 30.5 Å². The van der Waals surface area contributed by atoms with Gasteiger partial charge in [-0.1, -0.05) is 0 Å². The molecule has 0 bridgehead atoms. The number of aromatic nitrogens is 1. The Balaban J connectivity index is 2.00. The Morgan fingerprint density at radius 2 is 1.88 bits per heavy atom. The molecule has 3 aromatic rings. The van der Waals surface area contributed by atoms with Gasteiger partial charge in [0.1, 0.15) is 7.05 Å². The molecular formula is C19H14NO5+. The van der Waals surface area contributed by atoms with Crippen LogP contribution in [0.5, 0.6) is 23.0 Å². The summed E-state index contributed by atoms with van der Waals surface area (Å²) in [6.07, 6.45) is 1.83. The minimum atomic E-state index is -0.113. The molecule has 0 unspecified atom stereocenters. The van der Waals surface area contributed by atoms with Crippen LogP contribution in [0.4, 0.5) is 0 Å². The number of phenolic OH excluding ortho intramolecular Hbond substituents is 1. The van der Waals surface area contributed by atoms with Crippen molar-refractivity contribution in [2.45, 2.75) is 0 Å². The lowest BCUT2D eigenvalue weighted by Crippen LogP contribution is -2.37. The lowest BCUT2D eigenvalue weighted by molar-refractivity contribution is -0.671. The Hall–Kier alpha value is -3.28. The monoisotopic (exact) mass is 336 g/mol. The van der Waals surface area contributed by atoms with Crippen LogP contribution in [-0.4, -0.2) is 24.8 Å². The number of carbonyl (C=O) groups excluding carboxylic acids is 1. The number of phenols is 1. The van der Waals surface area contributed by atoms with Crippen LogP contribution < -0.4 is 18.8 Å². The van der Waals surface area contributed by atoms with Crippen molar-refractivity contribution >= 4 is 16.6 Å². The summed E-state index contributed by atoms with van der Waals surface area (Å²) >= 11 is 0. The number of methoxy groups -OCH3 is 1. The van der Waals surface area contributed by atoms with Crippen LogP contribution in [0.3, 0.4) is 0 Å². The van der Waals surface area contributed by atoms with Crippen molar-refractivity contribution in [2.24, 2.45) is 7.05 Å². The summed E-state index contributed by atoms with van der Waals surface area (Å²) in [5.74, 6) is 1.35. The van der Waals surface area contributed by atoms with Crippen molar-refractivity contribution in [1.82, 2.24) is 0 Å². The predicted octanol–water partition coefficient (Wildman–Crippen LogP) is 2.32. The molecule has 0 radical (unpaired) electrons. The van der Waals surface area contributed by atoms with E-state index in [1.165, 1.54) is 7.11 Å². The second-order valence-corrected chi connectivity index (χ2v) is 6.12. The lowest BCUT2D eigenvalue weighted by Gasteiger charge is -2.20. The third kappa shape index (κ3) is 1.68. The predicted molar refractivity (Wildman–Crippen MR) is 88.3 cm³/mol. The van der Waals surface area contributed by atoms with Gasteiger partial charge in [0.05, 0.1) is 12.5 Å². The van der Waals surface area contributed by atoms with E-state index in [1.54, 1.807) is 22.8 Å². The van der Waals surface area contributed by atoms with Gasteiger partial charge in [0, 0.05) is 22.8 Å². The van der Waals surface area contributed by atoms with Crippen LogP contribution in [0, 0.1) is 0 Å². The minimum absolute atomic E-state index is 0.00932. The summed E-state index contributed by atoms with van der Waals surface area (Å²) < 4.78 is 18.0. The fourth-order valence-corrected chi connectivity index (χ4v) is 3.65. The first-order valence-corrected chi connectivity index (χ1v) is 7.81. The topological polar surface area (TPSA) is 68.9 Å². The van der Waals surface area contributed by atoms with E-state index < -0.39 is 0 Å². The smallest absolute Gasteiger partial charge is 0.262 e. The number of nitrogens with zero attached hydrogens (tertiary/aromatic N) is 1. The van der Waals surface area contributed by atoms with Gasteiger partial charge in [0.2, 0.25) is 6.79 Å². The van der Waals surface area contributed by atoms with Gasteiger partial charge < -0.3 is 19.3 Å². The molecule has 2 aliphatic rings. The van der Waals surface area contributed by atoms with E-state index in [9.17, 15) is 9.90 Å². The summed E-state index contributed by atoms with van der Waals surface area (Å²) in [7, 11) is 3.32. The second kappa shape index (κ2) is 4.63. The Morgan fingerprint density at radius 3 is 2.60 bits per heavy atom. The van der Waals surface area contributed by atoms with Gasteiger partial charge >= 0.3 is 0 Å². The van der Waals surface area contributed by atoms with Gasteiger partial charge in [0.15, 0.2) is 29.2 Å². The number of aryl methyl sites for hydroxylation is 1. The highest BCUT2D eigenvalue weighted by molar-refractivity contribution is 6.25. The summed E-state index contributed by atoms with van der Waals surface area (Å²) in [4.78, 5) is 13.2. The molecule has 2 aromatic carbocycles. The molecule has 2 heterocycles. The average Bonchev–Trinajstić information content (AvgIpc) is 3.07. The molecule has 0 fully saturated rings. The number of benzene rings is 2. The quantitative estimate of drug-likeness (QED) is 0.540. The molecule has 0 saturated carbocycles. The molecule has 6 nitrogen and oxygen atoms in total. The number of hydrogen-bond acceptors (Lipinski definition) is 5. The number of ketones is 1. The van der Waals surface area contributed by atoms with Gasteiger partial charge in [-0.3, -0.25) is 4.79 Å². The normalized spacial score (nSPS) is 13.9. The standard InChI is InChI=1S/C19H13NO5/c1-20-4-3-9-5-14(23-2)19(22)16-10-6-12-13(25-8-24-12)7-11(10)18(21)17(20)15(9)16/h3-7H,8H2,1-2H3/p+1. The third-order valence-electron chi connectivity index (χ3n) is 4.82. The number of ether oxygens (including phenoxy) is 3. The van der Waals surface area contributed by atoms with Crippen LogP contribution in [0.25, 0.3) is 21.9 Å². The zero-order valence-electron chi connectivity index (χ0n) is 13.6. The maximum absolute atomic E-state index is 13.2. The molecule has 0 spiro atoms. The number of carbonyl (C=O) groups is 1. The molecular weight excluding hydrogens is 322 g/mol. The first-order chi connectivity index (χ1) is 12.1. The van der Waals surface area contributed by atoms with Gasteiger partial charge in [-0.15, -0.1) is 0 Å². The largest absolute Gasteiger partial charge is 0.504 e. The maximum Gasteiger partial charge on any atom is 0.262 e. The third-order valence-corrected chi connectivity index (χ3v) is 4.82. The van der Waals surface area contributed by atoms with Gasteiger partial charge in [-0.05, 0) is 23.6 Å². The number of fused-ring (bicyclic) bond motifs is 3. The fourth-order valence-electron chi connectivity index (χ4n) is 3.65. The van der Waals surface area contributed by atoms with Gasteiger partial charge in [0.25, 0.3) is 11.5 Å². The molecule has 25 heavy (non-hydrogen) atoms. The summed E-state index contributed by atoms with van der Waals surface area (Å²) in [6, 6.07) is 7.07. The van der Waals surface area contributed by atoms with Gasteiger partial charge in [-0.25, -0.2) is 0 Å². The van der Waals surface area contributed by atoms with E-state index in [-0.39, 0.29) is 18.3 Å². The zero-order chi connectivity index (χ0) is 17.3. The molecule has 1 aromatic heterocycles. The van der Waals surface area contributed by atoms with E-state index in [0.717, 1.165) is 5.39 Å². The maximum atomic E-state index is 13.2. The van der Waals surface area contributed by atoms with Crippen LogP contribution >= 0.6 is 0 Å². The molecule has 1 aliphatic carbocycles. The molecule has 1 aliphatic heterocycles. The summed E-state index contributed by atoms with van der Waals surface area (Å²) in [5, 5.41) is 12.3. The molecule has 0 atom stereocenters. The van der Waals surface area contributed by atoms with Crippen LogP contribution in [0.1, 0.15) is 16.1 Å². The number of hydrogen-bond donors (Lipinski definition) is 1. The highest BCUT2D eigenvalue weighted by atomic mass is 16.7. The van der Waals surface area contributed by atoms with E-state index in [2.05, 4.69) is 0 Å². The highest BCUT2D eigenvalue weighted by Crippen LogP contribution is 2.50. The van der Waals surface area contributed by atoms with Crippen molar-refractivity contribution < 1.29 is 28.7 Å². The Kier molecular flexibility index (Phi) is 2.61. The summed E-state index contributed by atoms with van der Waals surface area (Å²) in [5.41, 5.74) is 2.20. The Morgan fingerprint density at radius 1 is 1.16 bits per heavy atom. The number of rotatable bonds is 1.